The molecule has 0 saturated heterocycles. The first-order valence-corrected chi connectivity index (χ1v) is 16.9. The first-order valence-electron chi connectivity index (χ1n) is 16.9. The molecule has 2 N–H and O–H groups in total. The molecule has 0 spiro atoms. The van der Waals surface area contributed by atoms with Gasteiger partial charge in [0.1, 0.15) is 0 Å². The predicted molar refractivity (Wildman–Crippen MR) is 210 cm³/mol. The molecular formula is C42H26N8O4. The molecule has 12 heteroatoms. The summed E-state index contributed by atoms with van der Waals surface area (Å²) in [6.45, 7) is 0. The van der Waals surface area contributed by atoms with Gasteiger partial charge in [-0.2, -0.15) is 0 Å². The molecule has 0 saturated carbocycles. The highest BCUT2D eigenvalue weighted by molar-refractivity contribution is 6.00. The van der Waals surface area contributed by atoms with Gasteiger partial charge >= 0.3 is 0 Å². The maximum atomic E-state index is 11.9. The van der Waals surface area contributed by atoms with Crippen molar-refractivity contribution in [1.82, 2.24) is 29.9 Å². The van der Waals surface area contributed by atoms with Crippen LogP contribution in [0.15, 0.2) is 122 Å². The molecule has 7 heterocycles. The second-order valence-corrected chi connectivity index (χ2v) is 12.6. The van der Waals surface area contributed by atoms with Crippen LogP contribution in [0.5, 0.6) is 0 Å². The van der Waals surface area contributed by atoms with Gasteiger partial charge in [-0.3, -0.25) is 30.2 Å². The number of benzene rings is 2. The van der Waals surface area contributed by atoms with Crippen LogP contribution in [0.4, 0.5) is 11.4 Å². The van der Waals surface area contributed by atoms with Crippen LogP contribution >= 0.6 is 0 Å². The number of fused-ring (bicyclic) bond motifs is 8. The van der Waals surface area contributed by atoms with Gasteiger partial charge in [0.05, 0.1) is 32.6 Å². The molecule has 54 heavy (non-hydrogen) atoms. The molecule has 2 aromatic carbocycles. The Morgan fingerprint density at radius 2 is 0.759 bits per heavy atom. The first kappa shape index (κ1) is 32.1. The zero-order valence-corrected chi connectivity index (χ0v) is 28.2. The van der Waals surface area contributed by atoms with Gasteiger partial charge in [0.2, 0.25) is 0 Å². The molecule has 9 rings (SSSR count). The van der Waals surface area contributed by atoms with Crippen LogP contribution in [0.2, 0.25) is 0 Å². The summed E-state index contributed by atoms with van der Waals surface area (Å²) < 4.78 is 0. The quantitative estimate of drug-likeness (QED) is 0.127. The normalized spacial score (nSPS) is 11.9. The molecule has 2 aliphatic heterocycles. The highest BCUT2D eigenvalue weighted by Crippen LogP contribution is 2.39. The lowest BCUT2D eigenvalue weighted by Crippen LogP contribution is -1.92. The second kappa shape index (κ2) is 13.0. The zero-order chi connectivity index (χ0) is 36.8. The van der Waals surface area contributed by atoms with Gasteiger partial charge in [0.15, 0.2) is 0 Å². The number of nitrogens with zero attached hydrogens (tertiary/aromatic N) is 6. The number of nitrogens with one attached hydrogen (secondary N) is 2. The van der Waals surface area contributed by atoms with Crippen LogP contribution in [0.1, 0.15) is 22.8 Å². The Morgan fingerprint density at radius 3 is 1.09 bits per heavy atom. The van der Waals surface area contributed by atoms with Crippen molar-refractivity contribution in [2.75, 3.05) is 0 Å². The molecular weight excluding hydrogens is 681 g/mol. The molecule has 0 atom stereocenters. The maximum absolute atomic E-state index is 11.9. The van der Waals surface area contributed by atoms with Crippen molar-refractivity contribution in [1.29, 1.82) is 0 Å². The fourth-order valence-electron chi connectivity index (χ4n) is 7.01. The predicted octanol–water partition coefficient (Wildman–Crippen LogP) is 9.93. The Bertz CT molecular complexity index is 2700. The number of nitro groups is 2. The highest BCUT2D eigenvalue weighted by atomic mass is 16.6. The van der Waals surface area contributed by atoms with E-state index in [-0.39, 0.29) is 11.4 Å². The number of rotatable bonds is 6. The molecule has 7 aromatic rings. The zero-order valence-electron chi connectivity index (χ0n) is 28.2. The molecule has 0 fully saturated rings. The minimum atomic E-state index is -0.425. The van der Waals surface area contributed by atoms with Crippen molar-refractivity contribution in [3.8, 4) is 44.5 Å². The van der Waals surface area contributed by atoms with Crippen LogP contribution < -0.4 is 0 Å². The Labute approximate surface area is 306 Å². The molecule has 8 bridgehead atoms. The third-order valence-corrected chi connectivity index (χ3v) is 9.38. The van der Waals surface area contributed by atoms with E-state index in [0.717, 1.165) is 33.3 Å². The van der Waals surface area contributed by atoms with Crippen LogP contribution in [-0.2, 0) is 0 Å². The summed E-state index contributed by atoms with van der Waals surface area (Å²) in [5.74, 6) is 0. The van der Waals surface area contributed by atoms with E-state index >= 15 is 0 Å². The summed E-state index contributed by atoms with van der Waals surface area (Å²) in [6, 6.07) is 28.4. The van der Waals surface area contributed by atoms with Crippen LogP contribution in [0, 0.1) is 20.2 Å². The van der Waals surface area contributed by atoms with Gasteiger partial charge in [-0.05, 0) is 95.1 Å². The van der Waals surface area contributed by atoms with Crippen molar-refractivity contribution in [2.45, 2.75) is 0 Å². The number of pyridine rings is 2. The lowest BCUT2D eigenvalue weighted by atomic mass is 10.0. The fourth-order valence-corrected chi connectivity index (χ4v) is 7.01. The maximum Gasteiger partial charge on any atom is 0.270 e. The van der Waals surface area contributed by atoms with E-state index in [4.69, 9.17) is 9.97 Å². The lowest BCUT2D eigenvalue weighted by Gasteiger charge is -2.07. The number of aromatic nitrogens is 6. The fraction of sp³-hybridized carbons (Fsp3) is 0. The number of H-pyrrole nitrogens is 2. The smallest absolute Gasteiger partial charge is 0.270 e. The van der Waals surface area contributed by atoms with Crippen LogP contribution in [0.3, 0.4) is 0 Å². The van der Waals surface area contributed by atoms with Crippen LogP contribution in [0.25, 0.3) is 90.9 Å². The lowest BCUT2D eigenvalue weighted by molar-refractivity contribution is -0.385. The number of hydrogen-bond donors (Lipinski definition) is 2. The van der Waals surface area contributed by atoms with Crippen molar-refractivity contribution in [3.05, 3.63) is 165 Å². The van der Waals surface area contributed by atoms with E-state index in [0.29, 0.717) is 56.1 Å². The summed E-state index contributed by atoms with van der Waals surface area (Å²) in [5, 5.41) is 23.9. The summed E-state index contributed by atoms with van der Waals surface area (Å²) >= 11 is 0. The van der Waals surface area contributed by atoms with E-state index in [2.05, 4.69) is 19.9 Å². The van der Waals surface area contributed by atoms with E-state index in [1.165, 1.54) is 24.3 Å². The number of non-ortho nitro benzene ring substituents is 2. The first-order chi connectivity index (χ1) is 26.4. The summed E-state index contributed by atoms with van der Waals surface area (Å²) in [6.07, 6.45) is 14.6. The molecule has 0 amide bonds. The van der Waals surface area contributed by atoms with Crippen molar-refractivity contribution < 1.29 is 9.85 Å². The average molecular weight is 707 g/mol. The van der Waals surface area contributed by atoms with Crippen molar-refractivity contribution in [3.63, 3.8) is 0 Å². The van der Waals surface area contributed by atoms with Gasteiger partial charge in [-0.1, -0.05) is 24.3 Å². The van der Waals surface area contributed by atoms with Crippen molar-refractivity contribution >= 4 is 57.7 Å². The molecule has 5 aromatic heterocycles. The third-order valence-electron chi connectivity index (χ3n) is 9.38. The number of aromatic amines is 2. The molecule has 2 aliphatic rings. The third kappa shape index (κ3) is 5.69. The topological polar surface area (TPSA) is 169 Å². The van der Waals surface area contributed by atoms with Gasteiger partial charge in [-0.15, -0.1) is 0 Å². The summed E-state index contributed by atoms with van der Waals surface area (Å²) in [5.41, 5.74) is 11.1. The largest absolute Gasteiger partial charge is 0.354 e. The summed E-state index contributed by atoms with van der Waals surface area (Å²) in [4.78, 5) is 49.1. The Kier molecular flexibility index (Phi) is 7.74. The Balaban J connectivity index is 1.48. The Morgan fingerprint density at radius 1 is 0.426 bits per heavy atom. The van der Waals surface area contributed by atoms with Gasteiger partial charge in [0, 0.05) is 93.4 Å². The highest BCUT2D eigenvalue weighted by Gasteiger charge is 2.20. The molecule has 12 nitrogen and oxygen atoms in total. The van der Waals surface area contributed by atoms with Crippen LogP contribution in [-0.4, -0.2) is 39.8 Å². The summed E-state index contributed by atoms with van der Waals surface area (Å²) in [7, 11) is 0. The SMILES string of the molecule is O=[N+]([O-])c1cccc(-c2c3nc(c(-c4ccncc4)c4ccc([nH]4)c(-c4ccncc4)c4nc(c(-c5cccc([N+](=O)[O-])c5)c5ccc2[nH]5)C=C4)C=C3)c1. The molecule has 258 valence electrons. The number of hydrogen-bond acceptors (Lipinski definition) is 8. The van der Waals surface area contributed by atoms with Gasteiger partial charge < -0.3 is 9.97 Å². The minimum Gasteiger partial charge on any atom is -0.354 e. The average Bonchev–Trinajstić information content (AvgIpc) is 4.04. The van der Waals surface area contributed by atoms with Gasteiger partial charge in [0.25, 0.3) is 11.4 Å². The molecule has 0 unspecified atom stereocenters. The van der Waals surface area contributed by atoms with E-state index in [1.54, 1.807) is 36.9 Å². The van der Waals surface area contributed by atoms with E-state index in [1.807, 2.05) is 85.0 Å². The van der Waals surface area contributed by atoms with Gasteiger partial charge in [-0.25, -0.2) is 9.97 Å². The van der Waals surface area contributed by atoms with E-state index in [9.17, 15) is 20.2 Å². The standard InChI is InChI=1S/C42H26N8O4/c51-49(52)29-5-1-3-27(23-29)41-35-11-9-33(46-35)39(25-15-19-43-20-16-25)31-7-8-32(45-31)40(26-17-21-44-22-18-26)34-10-12-36(47-34)42(38-14-13-37(41)48-38)28-4-2-6-30(24-28)50(53)54/h1-24,45,48H. The van der Waals surface area contributed by atoms with E-state index < -0.39 is 9.85 Å². The molecule has 0 aliphatic carbocycles. The Hall–Kier alpha value is -7.86. The van der Waals surface area contributed by atoms with Crippen molar-refractivity contribution in [2.24, 2.45) is 0 Å². The number of nitro benzene ring substituents is 2. The monoisotopic (exact) mass is 706 g/mol. The minimum absolute atomic E-state index is 0.0627. The second-order valence-electron chi connectivity index (χ2n) is 12.6. The molecule has 0 radical (unpaired) electrons.